The average molecular weight is 281 g/mol. The lowest BCUT2D eigenvalue weighted by molar-refractivity contribution is -0.115. The Bertz CT molecular complexity index is 662. The zero-order valence-corrected chi connectivity index (χ0v) is 12.3. The summed E-state index contributed by atoms with van der Waals surface area (Å²) in [6.45, 7) is 5.82. The number of hydrogen-bond donors (Lipinski definition) is 1. The molecule has 0 spiro atoms. The van der Waals surface area contributed by atoms with Gasteiger partial charge in [0, 0.05) is 11.3 Å². The summed E-state index contributed by atoms with van der Waals surface area (Å²) in [7, 11) is 1.58. The van der Waals surface area contributed by atoms with Gasteiger partial charge in [0.2, 0.25) is 5.91 Å². The number of carbonyl (C=O) groups excluding carboxylic acids is 1. The second-order valence-corrected chi connectivity index (χ2v) is 4.82. The monoisotopic (exact) mass is 281 g/mol. The van der Waals surface area contributed by atoms with Crippen LogP contribution in [0, 0.1) is 6.92 Å². The molecule has 0 atom stereocenters. The van der Waals surface area contributed by atoms with Crippen LogP contribution in [0.25, 0.3) is 5.76 Å². The van der Waals surface area contributed by atoms with Crippen LogP contribution in [-0.4, -0.2) is 13.0 Å². The van der Waals surface area contributed by atoms with Crippen LogP contribution >= 0.6 is 0 Å². The maximum absolute atomic E-state index is 12.2. The van der Waals surface area contributed by atoms with Gasteiger partial charge in [0.05, 0.1) is 13.5 Å². The molecule has 0 aliphatic carbocycles. The lowest BCUT2D eigenvalue weighted by atomic mass is 10.0. The second kappa shape index (κ2) is 6.75. The molecular formula is C18H19NO2. The zero-order chi connectivity index (χ0) is 15.2. The van der Waals surface area contributed by atoms with E-state index in [9.17, 15) is 4.79 Å². The zero-order valence-electron chi connectivity index (χ0n) is 12.3. The molecule has 2 rings (SSSR count). The molecule has 3 nitrogen and oxygen atoms in total. The van der Waals surface area contributed by atoms with Crippen molar-refractivity contribution in [1.82, 2.24) is 0 Å². The number of hydrogen-bond acceptors (Lipinski definition) is 2. The van der Waals surface area contributed by atoms with Crippen molar-refractivity contribution in [2.75, 3.05) is 12.4 Å². The van der Waals surface area contributed by atoms with E-state index in [0.29, 0.717) is 5.76 Å². The van der Waals surface area contributed by atoms with Crippen molar-refractivity contribution in [3.8, 4) is 0 Å². The van der Waals surface area contributed by atoms with Crippen LogP contribution < -0.4 is 5.32 Å². The highest BCUT2D eigenvalue weighted by molar-refractivity contribution is 5.93. The molecule has 0 heterocycles. The number of aryl methyl sites for hydroxylation is 1. The third-order valence-corrected chi connectivity index (χ3v) is 3.33. The van der Waals surface area contributed by atoms with Crippen molar-refractivity contribution in [1.29, 1.82) is 0 Å². The Hall–Kier alpha value is -2.55. The van der Waals surface area contributed by atoms with Gasteiger partial charge in [-0.15, -0.1) is 0 Å². The summed E-state index contributed by atoms with van der Waals surface area (Å²) in [5.41, 5.74) is 3.64. The number of rotatable bonds is 5. The van der Waals surface area contributed by atoms with Gasteiger partial charge in [-0.1, -0.05) is 49.0 Å². The summed E-state index contributed by atoms with van der Waals surface area (Å²) >= 11 is 0. The number of carbonyl (C=O) groups is 1. The quantitative estimate of drug-likeness (QED) is 0.847. The van der Waals surface area contributed by atoms with Gasteiger partial charge in [0.25, 0.3) is 0 Å². The van der Waals surface area contributed by atoms with E-state index in [1.807, 2.05) is 55.5 Å². The standard InChI is InChI=1S/C18H19NO2/c1-13-8-4-7-11-17(13)19-18(20)12-15-9-5-6-10-16(15)14(2)21-3/h4-11H,2,12H2,1,3H3,(H,19,20). The maximum atomic E-state index is 12.2. The van der Waals surface area contributed by atoms with E-state index in [1.165, 1.54) is 0 Å². The highest BCUT2D eigenvalue weighted by Crippen LogP contribution is 2.20. The summed E-state index contributed by atoms with van der Waals surface area (Å²) in [5.74, 6) is 0.509. The normalized spacial score (nSPS) is 10.0. The third kappa shape index (κ3) is 3.72. The van der Waals surface area contributed by atoms with E-state index >= 15 is 0 Å². The van der Waals surface area contributed by atoms with Gasteiger partial charge in [-0.25, -0.2) is 0 Å². The Morgan fingerprint density at radius 1 is 1.14 bits per heavy atom. The molecule has 0 saturated heterocycles. The van der Waals surface area contributed by atoms with Crippen LogP contribution in [0.15, 0.2) is 55.1 Å². The minimum atomic E-state index is -0.0550. The van der Waals surface area contributed by atoms with E-state index in [4.69, 9.17) is 4.74 Å². The molecule has 0 radical (unpaired) electrons. The lowest BCUT2D eigenvalue weighted by Gasteiger charge is -2.12. The van der Waals surface area contributed by atoms with Gasteiger partial charge < -0.3 is 10.1 Å². The third-order valence-electron chi connectivity index (χ3n) is 3.33. The van der Waals surface area contributed by atoms with Gasteiger partial charge in [-0.05, 0) is 24.1 Å². The molecule has 0 saturated carbocycles. The van der Waals surface area contributed by atoms with Crippen molar-refractivity contribution in [3.05, 3.63) is 71.8 Å². The van der Waals surface area contributed by atoms with Crippen LogP contribution in [0.3, 0.4) is 0 Å². The second-order valence-electron chi connectivity index (χ2n) is 4.82. The molecule has 0 aliphatic rings. The van der Waals surface area contributed by atoms with Gasteiger partial charge in [-0.3, -0.25) is 4.79 Å². The van der Waals surface area contributed by atoms with Crippen molar-refractivity contribution in [2.24, 2.45) is 0 Å². The Morgan fingerprint density at radius 3 is 2.52 bits per heavy atom. The molecule has 0 fully saturated rings. The first kappa shape index (κ1) is 14.9. The van der Waals surface area contributed by atoms with Crippen molar-refractivity contribution < 1.29 is 9.53 Å². The predicted octanol–water partition coefficient (Wildman–Crippen LogP) is 3.79. The van der Waals surface area contributed by atoms with E-state index in [-0.39, 0.29) is 12.3 Å². The highest BCUT2D eigenvalue weighted by atomic mass is 16.5. The molecule has 0 aliphatic heterocycles. The van der Waals surface area contributed by atoms with E-state index in [2.05, 4.69) is 11.9 Å². The Morgan fingerprint density at radius 2 is 1.81 bits per heavy atom. The molecule has 21 heavy (non-hydrogen) atoms. The molecule has 0 unspecified atom stereocenters. The van der Waals surface area contributed by atoms with E-state index in [0.717, 1.165) is 22.4 Å². The van der Waals surface area contributed by atoms with Crippen LogP contribution in [0.5, 0.6) is 0 Å². The van der Waals surface area contributed by atoms with Crippen molar-refractivity contribution in [3.63, 3.8) is 0 Å². The van der Waals surface area contributed by atoms with Crippen molar-refractivity contribution >= 4 is 17.4 Å². The molecular weight excluding hydrogens is 262 g/mol. The SMILES string of the molecule is C=C(OC)c1ccccc1CC(=O)Nc1ccccc1C. The Balaban J connectivity index is 2.14. The topological polar surface area (TPSA) is 38.3 Å². The molecule has 0 aromatic heterocycles. The lowest BCUT2D eigenvalue weighted by Crippen LogP contribution is -2.16. The average Bonchev–Trinajstić information content (AvgIpc) is 2.49. The van der Waals surface area contributed by atoms with Crippen LogP contribution in [0.1, 0.15) is 16.7 Å². The number of ether oxygens (including phenoxy) is 1. The number of benzene rings is 2. The fourth-order valence-corrected chi connectivity index (χ4v) is 2.14. The molecule has 2 aromatic rings. The van der Waals surface area contributed by atoms with Crippen LogP contribution in [0.2, 0.25) is 0 Å². The molecule has 2 aromatic carbocycles. The summed E-state index contributed by atoms with van der Waals surface area (Å²) in [5, 5.41) is 2.93. The predicted molar refractivity (Wildman–Crippen MR) is 86.0 cm³/mol. The molecule has 1 amide bonds. The number of anilines is 1. The van der Waals surface area contributed by atoms with Gasteiger partial charge >= 0.3 is 0 Å². The highest BCUT2D eigenvalue weighted by Gasteiger charge is 2.11. The first-order chi connectivity index (χ1) is 10.1. The molecule has 0 bridgehead atoms. The number of amides is 1. The summed E-state index contributed by atoms with van der Waals surface area (Å²) in [4.78, 5) is 12.2. The summed E-state index contributed by atoms with van der Waals surface area (Å²) in [6.07, 6.45) is 0.285. The number of methoxy groups -OCH3 is 1. The molecule has 1 N–H and O–H groups in total. The van der Waals surface area contributed by atoms with Crippen LogP contribution in [-0.2, 0) is 16.0 Å². The number of para-hydroxylation sites is 1. The Labute approximate surface area is 125 Å². The molecule has 108 valence electrons. The number of nitrogens with one attached hydrogen (secondary N) is 1. The van der Waals surface area contributed by atoms with Gasteiger partial charge in [0.15, 0.2) is 0 Å². The first-order valence-corrected chi connectivity index (χ1v) is 6.78. The minimum absolute atomic E-state index is 0.0550. The van der Waals surface area contributed by atoms with Gasteiger partial charge in [-0.2, -0.15) is 0 Å². The Kier molecular flexibility index (Phi) is 4.77. The van der Waals surface area contributed by atoms with Crippen molar-refractivity contribution in [2.45, 2.75) is 13.3 Å². The fraction of sp³-hybridized carbons (Fsp3) is 0.167. The molecule has 3 heteroatoms. The summed E-state index contributed by atoms with van der Waals surface area (Å²) < 4.78 is 5.17. The summed E-state index contributed by atoms with van der Waals surface area (Å²) in [6, 6.07) is 15.3. The largest absolute Gasteiger partial charge is 0.497 e. The fourth-order valence-electron chi connectivity index (χ4n) is 2.14. The van der Waals surface area contributed by atoms with Crippen LogP contribution in [0.4, 0.5) is 5.69 Å². The minimum Gasteiger partial charge on any atom is -0.497 e. The van der Waals surface area contributed by atoms with E-state index in [1.54, 1.807) is 7.11 Å². The first-order valence-electron chi connectivity index (χ1n) is 6.78. The smallest absolute Gasteiger partial charge is 0.228 e. The van der Waals surface area contributed by atoms with E-state index < -0.39 is 0 Å². The maximum Gasteiger partial charge on any atom is 0.228 e. The van der Waals surface area contributed by atoms with Gasteiger partial charge in [0.1, 0.15) is 5.76 Å².